The number of aliphatic imine (C=N–C) groups is 2. The molecule has 0 saturated heterocycles. The van der Waals surface area contributed by atoms with Gasteiger partial charge in [-0.05, 0) is 74.9 Å². The quantitative estimate of drug-likeness (QED) is 0.237. The van der Waals surface area contributed by atoms with Crippen molar-refractivity contribution in [3.8, 4) is 11.5 Å². The molecule has 2 N–H and O–H groups in total. The minimum Gasteiger partial charge on any atom is -0.872 e. The number of nitrogens with zero attached hydrogens (tertiary/aromatic N) is 2. The summed E-state index contributed by atoms with van der Waals surface area (Å²) in [4.78, 5) is 27.2. The molecular weight excluding hydrogens is 801 g/mol. The number of aromatic hydroxyl groups is 1. The van der Waals surface area contributed by atoms with Crippen LogP contribution in [0.25, 0.3) is 0 Å². The Morgan fingerprint density at radius 1 is 0.688 bits per heavy atom. The Hall–Kier alpha value is -5.02. The number of benzene rings is 2. The summed E-state index contributed by atoms with van der Waals surface area (Å²) in [6, 6.07) is 12.8. The standard InChI is InChI=1S/2C9H9NO3.3C7H7.Bi/c2*11-8-4-2-1-3-7(8)5-10-6-9(12)13;3*1-7-5-3-2-4-6-7;/h2*1-5,11H,6H2,(H,12,13);3*3-6H,1H3;/q;;;;;+2/p-2. The van der Waals surface area contributed by atoms with Crippen molar-refractivity contribution < 1.29 is 30.0 Å². The molecule has 48 heavy (non-hydrogen) atoms. The molecule has 2 aromatic carbocycles. The molecule has 0 aliphatic heterocycles. The topological polar surface area (TPSA) is 145 Å². The van der Waals surface area contributed by atoms with E-state index in [4.69, 9.17) is 5.11 Å². The normalized spacial score (nSPS) is 13.1. The zero-order chi connectivity index (χ0) is 34.7. The number of hydrogen-bond donors (Lipinski definition) is 2. The third kappa shape index (κ3) is 23.3. The zero-order valence-electron chi connectivity index (χ0n) is 27.0. The van der Waals surface area contributed by atoms with Gasteiger partial charge in [-0.3, -0.25) is 14.8 Å². The predicted molar refractivity (Wildman–Crippen MR) is 189 cm³/mol. The van der Waals surface area contributed by atoms with Crippen LogP contribution in [-0.2, 0) is 9.59 Å². The summed E-state index contributed by atoms with van der Waals surface area (Å²) in [6.45, 7) is 5.48. The summed E-state index contributed by atoms with van der Waals surface area (Å²) in [7, 11) is 0. The SMILES string of the molecule is CC1=CC=C=C[CH]1.CC1=CC=C=C[CH]1.CC1=CC=C=C[CH]1.O=C(O)CN=Cc1ccccc1O.O=C([O-])CN=Cc1ccccc1[O-].[Bi+2]. The molecule has 0 bridgehead atoms. The fraction of sp³-hybridized carbons (Fsp3) is 0.128. The zero-order valence-corrected chi connectivity index (χ0v) is 30.5. The summed E-state index contributed by atoms with van der Waals surface area (Å²) >= 11 is 0. The van der Waals surface area contributed by atoms with Gasteiger partial charge in [-0.25, -0.2) is 0 Å². The van der Waals surface area contributed by atoms with Crippen molar-refractivity contribution in [3.63, 3.8) is 0 Å². The molecule has 0 unspecified atom stereocenters. The van der Waals surface area contributed by atoms with Crippen LogP contribution in [0.4, 0.5) is 0 Å². The van der Waals surface area contributed by atoms with Crippen LogP contribution in [0.3, 0.4) is 0 Å². The van der Waals surface area contributed by atoms with Crippen LogP contribution in [0.15, 0.2) is 147 Å². The molecule has 3 aliphatic rings. The number of phenolic OH excluding ortho intramolecular Hbond substituents is 1. The van der Waals surface area contributed by atoms with Crippen LogP contribution in [-0.4, -0.2) is 73.9 Å². The third-order valence-electron chi connectivity index (χ3n) is 5.42. The minimum atomic E-state index is -1.26. The molecule has 0 atom stereocenters. The molecule has 244 valence electrons. The summed E-state index contributed by atoms with van der Waals surface area (Å²) in [5, 5.41) is 38.5. The molecule has 2 aromatic rings. The number of carbonyl (C=O) groups is 2. The van der Waals surface area contributed by atoms with E-state index in [0.717, 1.165) is 0 Å². The Morgan fingerprint density at radius 2 is 1.10 bits per heavy atom. The first-order chi connectivity index (χ1) is 22.6. The molecule has 0 aromatic heterocycles. The first-order valence-corrected chi connectivity index (χ1v) is 14.3. The van der Waals surface area contributed by atoms with Gasteiger partial charge in [0, 0.05) is 37.3 Å². The summed E-state index contributed by atoms with van der Waals surface area (Å²) < 4.78 is 0. The van der Waals surface area contributed by atoms with Crippen LogP contribution in [0.2, 0.25) is 0 Å². The fourth-order valence-corrected chi connectivity index (χ4v) is 3.04. The number of carbonyl (C=O) groups excluding carboxylic acids is 1. The molecule has 0 spiro atoms. The van der Waals surface area contributed by atoms with E-state index in [1.807, 2.05) is 73.9 Å². The second kappa shape index (κ2) is 27.1. The molecule has 0 amide bonds. The maximum Gasteiger partial charge on any atom is 2.00 e. The van der Waals surface area contributed by atoms with Gasteiger partial charge >= 0.3 is 32.2 Å². The number of allylic oxidation sites excluding steroid dienone is 9. The van der Waals surface area contributed by atoms with E-state index in [1.54, 1.807) is 36.4 Å². The number of para-hydroxylation sites is 2. The maximum absolute atomic E-state index is 11.0. The van der Waals surface area contributed by atoms with E-state index in [0.29, 0.717) is 11.1 Å². The molecule has 9 heteroatoms. The summed E-state index contributed by atoms with van der Waals surface area (Å²) in [5.41, 5.74) is 13.6. The van der Waals surface area contributed by atoms with E-state index in [-0.39, 0.29) is 44.2 Å². The fourth-order valence-electron chi connectivity index (χ4n) is 3.04. The second-order valence-electron chi connectivity index (χ2n) is 9.53. The van der Waals surface area contributed by atoms with Crippen molar-refractivity contribution in [1.29, 1.82) is 0 Å². The van der Waals surface area contributed by atoms with Gasteiger partial charge in [0.2, 0.25) is 0 Å². The number of carboxylic acids is 2. The number of carboxylic acid groups (broad SMARTS) is 2. The first-order valence-electron chi connectivity index (χ1n) is 14.3. The van der Waals surface area contributed by atoms with Crippen molar-refractivity contribution >= 4 is 50.6 Å². The average Bonchev–Trinajstić information content (AvgIpc) is 3.05. The van der Waals surface area contributed by atoms with Gasteiger partial charge in [-0.2, -0.15) is 0 Å². The van der Waals surface area contributed by atoms with E-state index >= 15 is 0 Å². The minimum absolute atomic E-state index is 0. The van der Waals surface area contributed by atoms with Crippen LogP contribution < -0.4 is 10.2 Å². The van der Waals surface area contributed by atoms with Crippen molar-refractivity contribution in [2.75, 3.05) is 13.1 Å². The van der Waals surface area contributed by atoms with E-state index in [1.165, 1.54) is 41.3 Å². The van der Waals surface area contributed by atoms with Gasteiger partial charge in [-0.15, -0.1) is 22.9 Å². The van der Waals surface area contributed by atoms with E-state index in [9.17, 15) is 24.9 Å². The molecule has 6 radical (unpaired) electrons. The van der Waals surface area contributed by atoms with Gasteiger partial charge in [0.25, 0.3) is 0 Å². The van der Waals surface area contributed by atoms with Crippen LogP contribution in [0.5, 0.6) is 11.5 Å². The van der Waals surface area contributed by atoms with E-state index < -0.39 is 18.5 Å². The molecular formula is C39H37BiN2O6. The Balaban J connectivity index is 0.000000590. The van der Waals surface area contributed by atoms with E-state index in [2.05, 4.69) is 47.9 Å². The smallest absolute Gasteiger partial charge is 0.872 e. The Kier molecular flexibility index (Phi) is 24.3. The Labute approximate surface area is 302 Å². The first kappa shape index (κ1) is 43.0. The molecule has 0 fully saturated rings. The van der Waals surface area contributed by atoms with Gasteiger partial charge in [0.1, 0.15) is 12.3 Å². The van der Waals surface area contributed by atoms with Crippen molar-refractivity contribution in [2.45, 2.75) is 20.8 Å². The summed E-state index contributed by atoms with van der Waals surface area (Å²) in [5.74, 6) is -2.34. The van der Waals surface area contributed by atoms with Crippen LogP contribution >= 0.6 is 0 Å². The van der Waals surface area contributed by atoms with Gasteiger partial charge < -0.3 is 25.2 Å². The number of phenols is 1. The van der Waals surface area contributed by atoms with Crippen molar-refractivity contribution in [2.24, 2.45) is 9.98 Å². The Bertz CT molecular complexity index is 1520. The monoisotopic (exact) mass is 838 g/mol. The van der Waals surface area contributed by atoms with Gasteiger partial charge in [0.05, 0.1) is 12.5 Å². The molecule has 0 heterocycles. The summed E-state index contributed by atoms with van der Waals surface area (Å²) in [6.07, 6.45) is 26.2. The molecule has 8 nitrogen and oxygen atoms in total. The van der Waals surface area contributed by atoms with Crippen LogP contribution in [0.1, 0.15) is 31.9 Å². The van der Waals surface area contributed by atoms with Crippen molar-refractivity contribution in [3.05, 3.63) is 168 Å². The predicted octanol–water partition coefficient (Wildman–Crippen LogP) is 5.03. The number of aliphatic carboxylic acids is 2. The van der Waals surface area contributed by atoms with Gasteiger partial charge in [0.15, 0.2) is 0 Å². The molecule has 0 saturated carbocycles. The average molecular weight is 839 g/mol. The van der Waals surface area contributed by atoms with Crippen LogP contribution in [0, 0.1) is 19.3 Å². The number of rotatable bonds is 6. The third-order valence-corrected chi connectivity index (χ3v) is 5.42. The largest absolute Gasteiger partial charge is 2.00 e. The molecule has 3 aliphatic carbocycles. The van der Waals surface area contributed by atoms with Crippen molar-refractivity contribution in [1.82, 2.24) is 0 Å². The Morgan fingerprint density at radius 3 is 1.46 bits per heavy atom. The maximum atomic E-state index is 11.0. The number of hydrogen-bond acceptors (Lipinski definition) is 7. The van der Waals surface area contributed by atoms with Gasteiger partial charge in [-0.1, -0.05) is 71.3 Å². The molecule has 5 rings (SSSR count). The second-order valence-corrected chi connectivity index (χ2v) is 9.53.